The average Bonchev–Trinajstić information content (AvgIpc) is 3.09. The molecule has 0 radical (unpaired) electrons. The van der Waals surface area contributed by atoms with Crippen molar-refractivity contribution in [3.8, 4) is 17.3 Å². The number of pyridine rings is 1. The number of carbonyl (C=O) groups is 1. The van der Waals surface area contributed by atoms with Gasteiger partial charge >= 0.3 is 0 Å². The Morgan fingerprint density at radius 1 is 1.32 bits per heavy atom. The van der Waals surface area contributed by atoms with Crippen LogP contribution in [0.15, 0.2) is 53.0 Å². The summed E-state index contributed by atoms with van der Waals surface area (Å²) in [5.74, 6) is -0.00476. The molecule has 0 fully saturated rings. The third-order valence-corrected chi connectivity index (χ3v) is 5.09. The monoisotopic (exact) mass is 366 g/mol. The van der Waals surface area contributed by atoms with Crippen molar-refractivity contribution in [2.24, 2.45) is 0 Å². The fourth-order valence-corrected chi connectivity index (χ4v) is 3.55. The van der Waals surface area contributed by atoms with E-state index in [0.29, 0.717) is 15.7 Å². The molecule has 124 valence electrons. The zero-order chi connectivity index (χ0) is 17.6. The number of thioether (sulfide) groups is 1. The molecule has 0 bridgehead atoms. The van der Waals surface area contributed by atoms with E-state index in [1.54, 1.807) is 18.3 Å². The molecule has 0 atom stereocenters. The second kappa shape index (κ2) is 7.92. The van der Waals surface area contributed by atoms with Crippen LogP contribution in [0.4, 0.5) is 5.13 Å². The van der Waals surface area contributed by atoms with Gasteiger partial charge in [-0.05, 0) is 19.1 Å². The first-order chi connectivity index (χ1) is 12.2. The summed E-state index contributed by atoms with van der Waals surface area (Å²) < 4.78 is 0. The summed E-state index contributed by atoms with van der Waals surface area (Å²) >= 11 is 2.62. The molecule has 25 heavy (non-hydrogen) atoms. The molecule has 2 heterocycles. The lowest BCUT2D eigenvalue weighted by atomic mass is 10.1. The molecule has 2 aromatic heterocycles. The standard InChI is InChI=1S/C18H14N4OS2/c1-12-4-6-13(7-5-12)15-10-25-18(21-15)22-16(23)11-24-17-14(9-19)3-2-8-20-17/h2-8,10H,11H2,1H3,(H,21,22,23). The Kier molecular flexibility index (Phi) is 5.43. The number of nitriles is 1. The second-order valence-electron chi connectivity index (χ2n) is 5.21. The van der Waals surface area contributed by atoms with Crippen LogP contribution >= 0.6 is 23.1 Å². The number of nitrogens with one attached hydrogen (secondary N) is 1. The molecule has 3 rings (SSSR count). The van der Waals surface area contributed by atoms with Gasteiger partial charge in [0, 0.05) is 17.1 Å². The number of amides is 1. The summed E-state index contributed by atoms with van der Waals surface area (Å²) in [5.41, 5.74) is 3.51. The summed E-state index contributed by atoms with van der Waals surface area (Å²) in [6.07, 6.45) is 1.61. The third kappa shape index (κ3) is 4.44. The maximum atomic E-state index is 12.1. The van der Waals surface area contributed by atoms with Gasteiger partial charge in [0.15, 0.2) is 5.13 Å². The Labute approximate surface area is 153 Å². The van der Waals surface area contributed by atoms with Gasteiger partial charge in [0.1, 0.15) is 11.1 Å². The van der Waals surface area contributed by atoms with Crippen LogP contribution in [0.3, 0.4) is 0 Å². The van der Waals surface area contributed by atoms with Crippen molar-refractivity contribution in [1.82, 2.24) is 9.97 Å². The largest absolute Gasteiger partial charge is 0.301 e. The summed E-state index contributed by atoms with van der Waals surface area (Å²) in [6, 6.07) is 13.5. The number of hydrogen-bond donors (Lipinski definition) is 1. The van der Waals surface area contributed by atoms with Crippen molar-refractivity contribution in [2.75, 3.05) is 11.1 Å². The van der Waals surface area contributed by atoms with Gasteiger partial charge in [-0.1, -0.05) is 41.6 Å². The Morgan fingerprint density at radius 3 is 2.88 bits per heavy atom. The van der Waals surface area contributed by atoms with Crippen LogP contribution < -0.4 is 5.32 Å². The number of benzene rings is 1. The SMILES string of the molecule is Cc1ccc(-c2csc(NC(=O)CSc3ncccc3C#N)n2)cc1. The number of aromatic nitrogens is 2. The number of rotatable bonds is 5. The van der Waals surface area contributed by atoms with Gasteiger partial charge < -0.3 is 5.32 Å². The molecule has 0 aliphatic rings. The lowest BCUT2D eigenvalue weighted by Gasteiger charge is -2.03. The number of thiazole rings is 1. The fraction of sp³-hybridized carbons (Fsp3) is 0.111. The Hall–Kier alpha value is -2.69. The van der Waals surface area contributed by atoms with Crippen molar-refractivity contribution in [2.45, 2.75) is 11.9 Å². The topological polar surface area (TPSA) is 78.7 Å². The zero-order valence-electron chi connectivity index (χ0n) is 13.4. The summed E-state index contributed by atoms with van der Waals surface area (Å²) in [4.78, 5) is 20.7. The van der Waals surface area contributed by atoms with Crippen molar-refractivity contribution in [1.29, 1.82) is 5.26 Å². The molecule has 0 aliphatic carbocycles. The van der Waals surface area contributed by atoms with Crippen LogP contribution in [0.1, 0.15) is 11.1 Å². The molecule has 5 nitrogen and oxygen atoms in total. The molecule has 0 spiro atoms. The van der Waals surface area contributed by atoms with E-state index in [1.807, 2.05) is 36.6 Å². The van der Waals surface area contributed by atoms with Crippen molar-refractivity contribution in [3.63, 3.8) is 0 Å². The normalized spacial score (nSPS) is 10.2. The maximum absolute atomic E-state index is 12.1. The lowest BCUT2D eigenvalue weighted by molar-refractivity contribution is -0.113. The van der Waals surface area contributed by atoms with Gasteiger partial charge in [-0.3, -0.25) is 4.79 Å². The van der Waals surface area contributed by atoms with Crippen molar-refractivity contribution < 1.29 is 4.79 Å². The third-order valence-electron chi connectivity index (χ3n) is 3.33. The Bertz CT molecular complexity index is 929. The highest BCUT2D eigenvalue weighted by Crippen LogP contribution is 2.25. The van der Waals surface area contributed by atoms with Gasteiger partial charge in [-0.25, -0.2) is 9.97 Å². The van der Waals surface area contributed by atoms with E-state index in [2.05, 4.69) is 21.4 Å². The minimum Gasteiger partial charge on any atom is -0.301 e. The Balaban J connectivity index is 1.60. The molecule has 7 heteroatoms. The molecule has 1 amide bonds. The van der Waals surface area contributed by atoms with Crippen LogP contribution in [-0.2, 0) is 4.79 Å². The van der Waals surface area contributed by atoms with Gasteiger partial charge in [0.2, 0.25) is 5.91 Å². The van der Waals surface area contributed by atoms with Gasteiger partial charge in [0.05, 0.1) is 17.0 Å². The minimum absolute atomic E-state index is 0.172. The fourth-order valence-electron chi connectivity index (χ4n) is 2.07. The van der Waals surface area contributed by atoms with E-state index < -0.39 is 0 Å². The van der Waals surface area contributed by atoms with E-state index in [0.717, 1.165) is 11.3 Å². The van der Waals surface area contributed by atoms with Gasteiger partial charge in [0.25, 0.3) is 0 Å². The predicted octanol–water partition coefficient (Wildman–Crippen LogP) is 4.12. The molecule has 0 aliphatic heterocycles. The van der Waals surface area contributed by atoms with Crippen molar-refractivity contribution in [3.05, 3.63) is 59.1 Å². The molecule has 0 unspecified atom stereocenters. The lowest BCUT2D eigenvalue weighted by Crippen LogP contribution is -2.14. The molecular weight excluding hydrogens is 352 g/mol. The van der Waals surface area contributed by atoms with Crippen LogP contribution in [0.2, 0.25) is 0 Å². The van der Waals surface area contributed by atoms with E-state index in [-0.39, 0.29) is 11.7 Å². The molecule has 3 aromatic rings. The molecule has 1 aromatic carbocycles. The highest BCUT2D eigenvalue weighted by molar-refractivity contribution is 8.00. The summed E-state index contributed by atoms with van der Waals surface area (Å²) in [6.45, 7) is 2.04. The molecule has 0 saturated carbocycles. The van der Waals surface area contributed by atoms with E-state index in [1.165, 1.54) is 28.7 Å². The smallest absolute Gasteiger partial charge is 0.236 e. The second-order valence-corrected chi connectivity index (χ2v) is 7.03. The number of hydrogen-bond acceptors (Lipinski definition) is 6. The van der Waals surface area contributed by atoms with Gasteiger partial charge in [-0.2, -0.15) is 5.26 Å². The van der Waals surface area contributed by atoms with Crippen molar-refractivity contribution >= 4 is 34.1 Å². The van der Waals surface area contributed by atoms with Crippen LogP contribution in [-0.4, -0.2) is 21.6 Å². The van der Waals surface area contributed by atoms with Crippen LogP contribution in [0.5, 0.6) is 0 Å². The predicted molar refractivity (Wildman–Crippen MR) is 101 cm³/mol. The van der Waals surface area contributed by atoms with E-state index in [4.69, 9.17) is 5.26 Å². The van der Waals surface area contributed by atoms with E-state index in [9.17, 15) is 4.79 Å². The maximum Gasteiger partial charge on any atom is 0.236 e. The highest BCUT2D eigenvalue weighted by atomic mass is 32.2. The molecule has 0 saturated heterocycles. The molecular formula is C18H14N4OS2. The number of carbonyl (C=O) groups excluding carboxylic acids is 1. The first-order valence-corrected chi connectivity index (χ1v) is 9.32. The average molecular weight is 366 g/mol. The zero-order valence-corrected chi connectivity index (χ0v) is 15.0. The number of aryl methyl sites for hydroxylation is 1. The summed E-state index contributed by atoms with van der Waals surface area (Å²) in [5, 5.41) is 14.9. The van der Waals surface area contributed by atoms with Crippen LogP contribution in [0.25, 0.3) is 11.3 Å². The highest BCUT2D eigenvalue weighted by Gasteiger charge is 2.10. The number of anilines is 1. The first kappa shape index (κ1) is 17.1. The first-order valence-electron chi connectivity index (χ1n) is 7.46. The van der Waals surface area contributed by atoms with Gasteiger partial charge in [-0.15, -0.1) is 11.3 Å². The van der Waals surface area contributed by atoms with Crippen LogP contribution in [0, 0.1) is 18.3 Å². The Morgan fingerprint density at radius 2 is 2.12 bits per heavy atom. The van der Waals surface area contributed by atoms with E-state index >= 15 is 0 Å². The molecule has 1 N–H and O–H groups in total. The minimum atomic E-state index is -0.177. The quantitative estimate of drug-likeness (QED) is 0.687. The summed E-state index contributed by atoms with van der Waals surface area (Å²) in [7, 11) is 0. The number of nitrogens with zero attached hydrogens (tertiary/aromatic N) is 3.